The normalized spacial score (nSPS) is 13.7. The third-order valence-electron chi connectivity index (χ3n) is 1.82. The van der Waals surface area contributed by atoms with Gasteiger partial charge in [0.2, 0.25) is 0 Å². The summed E-state index contributed by atoms with van der Waals surface area (Å²) in [6, 6.07) is 0.469. The van der Waals surface area contributed by atoms with Gasteiger partial charge in [0.05, 0.1) is 5.01 Å². The van der Waals surface area contributed by atoms with Gasteiger partial charge in [-0.15, -0.1) is 11.3 Å². The molecule has 68 valence electrons. The third kappa shape index (κ3) is 2.84. The van der Waals surface area contributed by atoms with Crippen molar-refractivity contribution in [3.63, 3.8) is 0 Å². The molecule has 0 radical (unpaired) electrons. The highest BCUT2D eigenvalue weighted by Crippen LogP contribution is 2.12. The van der Waals surface area contributed by atoms with Crippen molar-refractivity contribution in [3.05, 3.63) is 16.6 Å². The number of nitrogens with one attached hydrogen (secondary N) is 1. The molecule has 1 rings (SSSR count). The molecule has 12 heavy (non-hydrogen) atoms. The van der Waals surface area contributed by atoms with Gasteiger partial charge < -0.3 is 0 Å². The summed E-state index contributed by atoms with van der Waals surface area (Å²) in [5.74, 6) is 0.619. The molecule has 0 amide bonds. The Hall–Kier alpha value is 0.0700. The molecule has 1 aromatic heterocycles. The van der Waals surface area contributed by atoms with Crippen LogP contribution >= 0.6 is 27.5 Å². The van der Waals surface area contributed by atoms with Crippen molar-refractivity contribution in [2.75, 3.05) is 0 Å². The zero-order valence-electron chi connectivity index (χ0n) is 7.25. The van der Waals surface area contributed by atoms with Crippen LogP contribution < -0.4 is 4.34 Å². The van der Waals surface area contributed by atoms with Crippen molar-refractivity contribution in [2.45, 2.75) is 26.3 Å². The number of hydrogen-bond donors (Lipinski definition) is 1. The average molecular weight is 249 g/mol. The van der Waals surface area contributed by atoms with Gasteiger partial charge in [-0.25, -0.2) is 4.98 Å². The van der Waals surface area contributed by atoms with E-state index in [4.69, 9.17) is 0 Å². The zero-order valence-corrected chi connectivity index (χ0v) is 9.65. The Balaban J connectivity index is 2.48. The summed E-state index contributed by atoms with van der Waals surface area (Å²) in [5, 5.41) is 3.21. The monoisotopic (exact) mass is 248 g/mol. The molecule has 1 atom stereocenters. The predicted octanol–water partition coefficient (Wildman–Crippen LogP) is 2.61. The Morgan fingerprint density at radius 3 is 2.83 bits per heavy atom. The number of thiazole rings is 1. The van der Waals surface area contributed by atoms with Crippen molar-refractivity contribution >= 4 is 27.5 Å². The molecule has 0 aliphatic heterocycles. The first-order chi connectivity index (χ1) is 5.74. The molecule has 0 aliphatic carbocycles. The summed E-state index contributed by atoms with van der Waals surface area (Å²) in [6.07, 6.45) is 2.85. The number of nitrogens with zero attached hydrogens (tertiary/aromatic N) is 1. The summed E-state index contributed by atoms with van der Waals surface area (Å²) in [5.41, 5.74) is 0. The maximum atomic E-state index is 4.24. The lowest BCUT2D eigenvalue weighted by Gasteiger charge is -2.16. The molecule has 1 N–H and O–H groups in total. The zero-order chi connectivity index (χ0) is 8.97. The van der Waals surface area contributed by atoms with Crippen molar-refractivity contribution in [1.29, 1.82) is 0 Å². The van der Waals surface area contributed by atoms with Crippen molar-refractivity contribution in [2.24, 2.45) is 5.92 Å². The fraction of sp³-hybridized carbons (Fsp3) is 0.625. The number of halogens is 1. The Bertz CT molecular complexity index is 211. The van der Waals surface area contributed by atoms with Gasteiger partial charge in [-0.3, -0.25) is 4.34 Å². The van der Waals surface area contributed by atoms with Crippen molar-refractivity contribution in [3.8, 4) is 0 Å². The summed E-state index contributed by atoms with van der Waals surface area (Å²) < 4.78 is 3.12. The molecule has 0 aromatic carbocycles. The molecule has 0 unspecified atom stereocenters. The highest BCUT2D eigenvalue weighted by molar-refractivity contribution is 9.08. The van der Waals surface area contributed by atoms with Crippen LogP contribution in [0.15, 0.2) is 11.6 Å². The van der Waals surface area contributed by atoms with Crippen LogP contribution in [0.5, 0.6) is 0 Å². The first-order valence-electron chi connectivity index (χ1n) is 3.98. The number of hydrogen-bond acceptors (Lipinski definition) is 3. The summed E-state index contributed by atoms with van der Waals surface area (Å²) >= 11 is 5.00. The Labute approximate surface area is 85.7 Å². The van der Waals surface area contributed by atoms with E-state index in [-0.39, 0.29) is 0 Å². The van der Waals surface area contributed by atoms with Crippen LogP contribution in [0.1, 0.15) is 18.9 Å². The van der Waals surface area contributed by atoms with E-state index < -0.39 is 0 Å². The predicted molar refractivity (Wildman–Crippen MR) is 56.5 cm³/mol. The van der Waals surface area contributed by atoms with E-state index in [1.165, 1.54) is 5.01 Å². The molecular formula is C8H13BrN2S. The Morgan fingerprint density at radius 1 is 1.67 bits per heavy atom. The Morgan fingerprint density at radius 2 is 2.42 bits per heavy atom. The second-order valence-electron chi connectivity index (χ2n) is 3.09. The molecule has 0 saturated carbocycles. The van der Waals surface area contributed by atoms with Gasteiger partial charge in [-0.2, -0.15) is 0 Å². The third-order valence-corrected chi connectivity index (χ3v) is 3.21. The maximum absolute atomic E-state index is 4.24. The van der Waals surface area contributed by atoms with Crippen molar-refractivity contribution < 1.29 is 0 Å². The van der Waals surface area contributed by atoms with E-state index in [1.807, 2.05) is 11.6 Å². The molecule has 0 aliphatic rings. The van der Waals surface area contributed by atoms with Crippen LogP contribution in [0.3, 0.4) is 0 Å². The van der Waals surface area contributed by atoms with Crippen LogP contribution in [0.4, 0.5) is 0 Å². The lowest BCUT2D eigenvalue weighted by Crippen LogP contribution is -2.28. The van der Waals surface area contributed by atoms with Crippen LogP contribution in [-0.2, 0) is 6.42 Å². The molecule has 1 aromatic rings. The lowest BCUT2D eigenvalue weighted by molar-refractivity contribution is 0.468. The number of rotatable bonds is 4. The molecule has 4 heteroatoms. The van der Waals surface area contributed by atoms with Crippen LogP contribution in [0.2, 0.25) is 0 Å². The molecule has 0 bridgehead atoms. The van der Waals surface area contributed by atoms with Gasteiger partial charge in [0.15, 0.2) is 0 Å². The van der Waals surface area contributed by atoms with Gasteiger partial charge in [0.25, 0.3) is 0 Å². The highest BCUT2D eigenvalue weighted by atomic mass is 79.9. The fourth-order valence-corrected chi connectivity index (χ4v) is 2.31. The minimum atomic E-state index is 0.469. The van der Waals surface area contributed by atoms with Crippen LogP contribution in [-0.4, -0.2) is 11.0 Å². The first-order valence-corrected chi connectivity index (χ1v) is 5.66. The van der Waals surface area contributed by atoms with Gasteiger partial charge in [-0.05, 0) is 5.92 Å². The molecule has 0 spiro atoms. The summed E-state index contributed by atoms with van der Waals surface area (Å²) in [4.78, 5) is 4.24. The fourth-order valence-electron chi connectivity index (χ4n) is 0.942. The van der Waals surface area contributed by atoms with Crippen LogP contribution in [0, 0.1) is 5.92 Å². The Kier molecular flexibility index (Phi) is 4.18. The molecule has 0 saturated heterocycles. The minimum absolute atomic E-state index is 0.469. The quantitative estimate of drug-likeness (QED) is 0.830. The van der Waals surface area contributed by atoms with E-state index in [0.717, 1.165) is 6.42 Å². The second-order valence-corrected chi connectivity index (χ2v) is 4.53. The molecule has 0 fully saturated rings. The first kappa shape index (κ1) is 10.2. The van der Waals surface area contributed by atoms with E-state index in [9.17, 15) is 0 Å². The van der Waals surface area contributed by atoms with Crippen molar-refractivity contribution in [1.82, 2.24) is 9.33 Å². The maximum Gasteiger partial charge on any atom is 0.0940 e. The minimum Gasteiger partial charge on any atom is -0.252 e. The highest BCUT2D eigenvalue weighted by Gasteiger charge is 2.13. The second kappa shape index (κ2) is 4.94. The van der Waals surface area contributed by atoms with Crippen LogP contribution in [0.25, 0.3) is 0 Å². The van der Waals surface area contributed by atoms with E-state index in [2.05, 4.69) is 39.3 Å². The average Bonchev–Trinajstić information content (AvgIpc) is 2.51. The summed E-state index contributed by atoms with van der Waals surface area (Å²) in [6.45, 7) is 4.40. The van der Waals surface area contributed by atoms with Gasteiger partial charge in [-0.1, -0.05) is 13.8 Å². The van der Waals surface area contributed by atoms with Gasteiger partial charge >= 0.3 is 0 Å². The van der Waals surface area contributed by atoms with E-state index >= 15 is 0 Å². The smallest absolute Gasteiger partial charge is 0.0940 e. The van der Waals surface area contributed by atoms with E-state index in [1.54, 1.807) is 11.3 Å². The molecular weight excluding hydrogens is 236 g/mol. The summed E-state index contributed by atoms with van der Waals surface area (Å²) in [7, 11) is 0. The van der Waals surface area contributed by atoms with E-state index in [0.29, 0.717) is 12.0 Å². The van der Waals surface area contributed by atoms with Gasteiger partial charge in [0.1, 0.15) is 0 Å². The number of aromatic nitrogens is 1. The van der Waals surface area contributed by atoms with Gasteiger partial charge in [0, 0.05) is 40.2 Å². The SMILES string of the molecule is CC(C)[C@@H](Cc1nccs1)NBr. The largest absolute Gasteiger partial charge is 0.252 e. The molecule has 1 heterocycles. The standard InChI is InChI=1S/C8H13BrN2S/c1-6(2)7(11-9)5-8-10-3-4-12-8/h3-4,6-7,11H,5H2,1-2H3/t7-/m1/s1. The molecule has 2 nitrogen and oxygen atoms in total. The topological polar surface area (TPSA) is 24.9 Å². The lowest BCUT2D eigenvalue weighted by atomic mass is 10.0.